The molecule has 0 aliphatic carbocycles. The smallest absolute Gasteiger partial charge is 0.266 e. The number of nitrogens with zero attached hydrogens (tertiary/aromatic N) is 1. The van der Waals surface area contributed by atoms with Crippen LogP contribution in [-0.2, 0) is 4.79 Å². The summed E-state index contributed by atoms with van der Waals surface area (Å²) in [6.07, 6.45) is 1.01. The molecule has 0 spiro atoms. The molecule has 1 N–H and O–H groups in total. The Morgan fingerprint density at radius 1 is 1.24 bits per heavy atom. The van der Waals surface area contributed by atoms with Crippen LogP contribution in [0.4, 0.5) is 5.82 Å². The van der Waals surface area contributed by atoms with E-state index in [-0.39, 0.29) is 5.91 Å². The quantitative estimate of drug-likeness (QED) is 0.918. The number of carbonyl (C=O) groups is 1. The maximum absolute atomic E-state index is 12.1. The fourth-order valence-corrected chi connectivity index (χ4v) is 1.76. The van der Waals surface area contributed by atoms with Crippen molar-refractivity contribution in [1.82, 2.24) is 4.98 Å². The topological polar surface area (TPSA) is 60.5 Å². The molecular formula is C16H18N2O3. The van der Waals surface area contributed by atoms with Gasteiger partial charge in [0.2, 0.25) is 0 Å². The van der Waals surface area contributed by atoms with Gasteiger partial charge in [-0.15, -0.1) is 0 Å². The van der Waals surface area contributed by atoms with Crippen molar-refractivity contribution in [2.75, 3.05) is 12.4 Å². The summed E-state index contributed by atoms with van der Waals surface area (Å²) in [4.78, 5) is 16.2. The first kappa shape index (κ1) is 14.8. The third-order valence-corrected chi connectivity index (χ3v) is 2.89. The maximum atomic E-state index is 12.1. The molecule has 0 aliphatic rings. The third kappa shape index (κ3) is 4.21. The second kappa shape index (κ2) is 6.74. The predicted molar refractivity (Wildman–Crippen MR) is 80.7 cm³/mol. The van der Waals surface area contributed by atoms with Crippen LogP contribution in [0, 0.1) is 6.92 Å². The number of nitrogens with one attached hydrogen (secondary N) is 1. The zero-order chi connectivity index (χ0) is 15.2. The predicted octanol–water partition coefficient (Wildman–Crippen LogP) is 2.80. The monoisotopic (exact) mass is 286 g/mol. The molecule has 0 saturated carbocycles. The van der Waals surface area contributed by atoms with Crippen LogP contribution in [0.5, 0.6) is 11.5 Å². The molecule has 1 amide bonds. The van der Waals surface area contributed by atoms with Gasteiger partial charge in [0.15, 0.2) is 6.10 Å². The van der Waals surface area contributed by atoms with Crippen LogP contribution in [0.15, 0.2) is 42.6 Å². The van der Waals surface area contributed by atoms with E-state index in [1.165, 1.54) is 0 Å². The summed E-state index contributed by atoms with van der Waals surface area (Å²) in [5.41, 5.74) is 1.03. The molecule has 21 heavy (non-hydrogen) atoms. The van der Waals surface area contributed by atoms with Gasteiger partial charge in [0.05, 0.1) is 7.11 Å². The zero-order valence-electron chi connectivity index (χ0n) is 12.3. The number of amides is 1. The van der Waals surface area contributed by atoms with Crippen molar-refractivity contribution in [3.63, 3.8) is 0 Å². The fourth-order valence-electron chi connectivity index (χ4n) is 1.76. The summed E-state index contributed by atoms with van der Waals surface area (Å²) in [5, 5.41) is 2.73. The van der Waals surface area contributed by atoms with Crippen molar-refractivity contribution < 1.29 is 14.3 Å². The lowest BCUT2D eigenvalue weighted by atomic mass is 10.3. The van der Waals surface area contributed by atoms with Gasteiger partial charge < -0.3 is 14.8 Å². The van der Waals surface area contributed by atoms with Gasteiger partial charge in [-0.3, -0.25) is 4.79 Å². The van der Waals surface area contributed by atoms with Crippen molar-refractivity contribution in [2.45, 2.75) is 20.0 Å². The second-order valence-electron chi connectivity index (χ2n) is 4.65. The van der Waals surface area contributed by atoms with E-state index in [0.29, 0.717) is 17.3 Å². The van der Waals surface area contributed by atoms with Crippen LogP contribution >= 0.6 is 0 Å². The largest absolute Gasteiger partial charge is 0.497 e. The number of carbonyl (C=O) groups excluding carboxylic acids is 1. The number of rotatable bonds is 5. The summed E-state index contributed by atoms with van der Waals surface area (Å²) in [6, 6.07) is 10.8. The Bertz CT molecular complexity index is 628. The average Bonchev–Trinajstić information content (AvgIpc) is 2.47. The number of aromatic nitrogens is 1. The lowest BCUT2D eigenvalue weighted by molar-refractivity contribution is -0.122. The highest BCUT2D eigenvalue weighted by atomic mass is 16.5. The molecule has 5 heteroatoms. The first-order valence-corrected chi connectivity index (χ1v) is 6.62. The summed E-state index contributed by atoms with van der Waals surface area (Å²) in [5.74, 6) is 1.52. The van der Waals surface area contributed by atoms with Gasteiger partial charge in [0.25, 0.3) is 5.91 Å². The molecule has 1 heterocycles. The van der Waals surface area contributed by atoms with Crippen molar-refractivity contribution >= 4 is 11.7 Å². The molecule has 110 valence electrons. The van der Waals surface area contributed by atoms with Gasteiger partial charge in [0.1, 0.15) is 17.3 Å². The van der Waals surface area contributed by atoms with E-state index in [0.717, 1.165) is 5.56 Å². The zero-order valence-corrected chi connectivity index (χ0v) is 12.3. The van der Waals surface area contributed by atoms with Gasteiger partial charge in [-0.2, -0.15) is 0 Å². The second-order valence-corrected chi connectivity index (χ2v) is 4.65. The van der Waals surface area contributed by atoms with Crippen molar-refractivity contribution in [3.8, 4) is 11.5 Å². The number of anilines is 1. The first-order chi connectivity index (χ1) is 10.1. The number of benzene rings is 1. The maximum Gasteiger partial charge on any atom is 0.266 e. The molecular weight excluding hydrogens is 268 g/mol. The molecule has 2 aromatic rings. The van der Waals surface area contributed by atoms with Gasteiger partial charge in [0, 0.05) is 12.3 Å². The van der Waals surface area contributed by atoms with E-state index in [9.17, 15) is 4.79 Å². The molecule has 0 aliphatic heterocycles. The Labute approximate surface area is 123 Å². The Hall–Kier alpha value is -2.56. The average molecular weight is 286 g/mol. The highest BCUT2D eigenvalue weighted by molar-refractivity contribution is 5.93. The minimum atomic E-state index is -0.639. The summed E-state index contributed by atoms with van der Waals surface area (Å²) in [7, 11) is 1.58. The number of hydrogen-bond donors (Lipinski definition) is 1. The van der Waals surface area contributed by atoms with E-state index in [1.54, 1.807) is 44.5 Å². The van der Waals surface area contributed by atoms with Gasteiger partial charge in [-0.05, 0) is 43.7 Å². The van der Waals surface area contributed by atoms with Crippen molar-refractivity contribution in [1.29, 1.82) is 0 Å². The highest BCUT2D eigenvalue weighted by Gasteiger charge is 2.15. The molecule has 0 radical (unpaired) electrons. The number of pyridine rings is 1. The van der Waals surface area contributed by atoms with Crippen molar-refractivity contribution in [3.05, 3.63) is 48.2 Å². The highest BCUT2D eigenvalue weighted by Crippen LogP contribution is 2.20. The van der Waals surface area contributed by atoms with E-state index < -0.39 is 6.10 Å². The van der Waals surface area contributed by atoms with Crippen molar-refractivity contribution in [2.24, 2.45) is 0 Å². The Balaban J connectivity index is 1.99. The molecule has 1 aromatic carbocycles. The molecule has 1 atom stereocenters. The van der Waals surface area contributed by atoms with E-state index in [2.05, 4.69) is 10.3 Å². The van der Waals surface area contributed by atoms with E-state index in [1.807, 2.05) is 19.1 Å². The fraction of sp³-hybridized carbons (Fsp3) is 0.250. The molecule has 1 aromatic heterocycles. The van der Waals surface area contributed by atoms with Crippen LogP contribution in [0.3, 0.4) is 0 Å². The molecule has 2 rings (SSSR count). The molecule has 0 bridgehead atoms. The van der Waals surface area contributed by atoms with Crippen LogP contribution < -0.4 is 14.8 Å². The SMILES string of the molecule is COc1cccc(OC(C)C(=O)Nc2cc(C)ccn2)c1. The molecule has 1 unspecified atom stereocenters. The minimum absolute atomic E-state index is 0.254. The summed E-state index contributed by atoms with van der Waals surface area (Å²) in [6.45, 7) is 3.62. The Morgan fingerprint density at radius 3 is 2.71 bits per heavy atom. The summed E-state index contributed by atoms with van der Waals surface area (Å²) >= 11 is 0. The van der Waals surface area contributed by atoms with Crippen LogP contribution in [-0.4, -0.2) is 24.1 Å². The van der Waals surface area contributed by atoms with E-state index >= 15 is 0 Å². The van der Waals surface area contributed by atoms with Gasteiger partial charge in [-0.1, -0.05) is 6.07 Å². The lowest BCUT2D eigenvalue weighted by Crippen LogP contribution is -2.30. The summed E-state index contributed by atoms with van der Waals surface area (Å²) < 4.78 is 10.7. The molecule has 0 saturated heterocycles. The number of aryl methyl sites for hydroxylation is 1. The lowest BCUT2D eigenvalue weighted by Gasteiger charge is -2.15. The number of methoxy groups -OCH3 is 1. The number of hydrogen-bond acceptors (Lipinski definition) is 4. The normalized spacial score (nSPS) is 11.6. The van der Waals surface area contributed by atoms with Crippen LogP contribution in [0.1, 0.15) is 12.5 Å². The minimum Gasteiger partial charge on any atom is -0.497 e. The van der Waals surface area contributed by atoms with E-state index in [4.69, 9.17) is 9.47 Å². The van der Waals surface area contributed by atoms with Gasteiger partial charge in [-0.25, -0.2) is 4.98 Å². The first-order valence-electron chi connectivity index (χ1n) is 6.62. The van der Waals surface area contributed by atoms with Gasteiger partial charge >= 0.3 is 0 Å². The van der Waals surface area contributed by atoms with Crippen LogP contribution in [0.25, 0.3) is 0 Å². The Morgan fingerprint density at radius 2 is 2.00 bits per heavy atom. The standard InChI is InChI=1S/C16H18N2O3/c1-11-7-8-17-15(9-11)18-16(19)12(2)21-14-6-4-5-13(10-14)20-3/h4-10,12H,1-3H3,(H,17,18,19). The molecule has 5 nitrogen and oxygen atoms in total. The molecule has 0 fully saturated rings. The Kier molecular flexibility index (Phi) is 4.77. The van der Waals surface area contributed by atoms with Crippen LogP contribution in [0.2, 0.25) is 0 Å². The third-order valence-electron chi connectivity index (χ3n) is 2.89. The number of ether oxygens (including phenoxy) is 2.